The van der Waals surface area contributed by atoms with Crippen molar-refractivity contribution in [3.8, 4) is 0 Å². The topological polar surface area (TPSA) is 51.5 Å². The van der Waals surface area contributed by atoms with Crippen LogP contribution in [0, 0.1) is 13.8 Å². The summed E-state index contributed by atoms with van der Waals surface area (Å²) >= 11 is 1.78. The van der Waals surface area contributed by atoms with Crippen molar-refractivity contribution in [2.24, 2.45) is 0 Å². The Balaban J connectivity index is 1.72. The number of benzene rings is 1. The smallest absolute Gasteiger partial charge is 0.340 e. The number of carbonyl (C=O) groups is 2. The van der Waals surface area contributed by atoms with E-state index < -0.39 is 5.97 Å². The second kappa shape index (κ2) is 8.21. The number of aryl methyl sites for hydroxylation is 1. The van der Waals surface area contributed by atoms with Crippen molar-refractivity contribution in [3.63, 3.8) is 0 Å². The van der Waals surface area contributed by atoms with Crippen molar-refractivity contribution in [2.75, 3.05) is 18.1 Å². The molecule has 0 N–H and O–H groups in total. The van der Waals surface area contributed by atoms with E-state index in [0.29, 0.717) is 17.4 Å². The van der Waals surface area contributed by atoms with Gasteiger partial charge in [0.1, 0.15) is 0 Å². The minimum atomic E-state index is -0.443. The van der Waals surface area contributed by atoms with E-state index in [2.05, 4.69) is 11.5 Å². The molecule has 0 aliphatic carbocycles. The van der Waals surface area contributed by atoms with Crippen LogP contribution in [0.25, 0.3) is 0 Å². The van der Waals surface area contributed by atoms with Gasteiger partial charge in [0.05, 0.1) is 11.3 Å². The monoisotopic (exact) mass is 386 g/mol. The molecule has 0 radical (unpaired) electrons. The maximum absolute atomic E-state index is 12.8. The number of ether oxygens (including phenoxy) is 1. The molecule has 1 aliphatic heterocycles. The van der Waals surface area contributed by atoms with Gasteiger partial charge in [0.15, 0.2) is 6.61 Å². The van der Waals surface area contributed by atoms with Crippen molar-refractivity contribution in [3.05, 3.63) is 47.3 Å². The standard InChI is InChI=1S/C21H26N2O3S/c1-5-22-14(2)12-17(16(22)4)21(25)26-13-20(24)23-11-10-15(3)27-19-9-7-6-8-18(19)23/h6-9,12,15H,5,10-11,13H2,1-4H3. The largest absolute Gasteiger partial charge is 0.452 e. The zero-order valence-electron chi connectivity index (χ0n) is 16.3. The molecule has 1 amide bonds. The van der Waals surface area contributed by atoms with Crippen LogP contribution >= 0.6 is 11.8 Å². The van der Waals surface area contributed by atoms with Crippen LogP contribution in [0.15, 0.2) is 35.2 Å². The molecular formula is C21H26N2O3S. The van der Waals surface area contributed by atoms with Gasteiger partial charge in [-0.15, -0.1) is 11.8 Å². The molecule has 2 aromatic rings. The van der Waals surface area contributed by atoms with E-state index in [9.17, 15) is 9.59 Å². The number of hydrogen-bond donors (Lipinski definition) is 0. The van der Waals surface area contributed by atoms with Crippen LogP contribution in [0.3, 0.4) is 0 Å². The van der Waals surface area contributed by atoms with Crippen LogP contribution in [0.5, 0.6) is 0 Å². The van der Waals surface area contributed by atoms with E-state index in [1.807, 2.05) is 51.1 Å². The summed E-state index contributed by atoms with van der Waals surface area (Å²) in [4.78, 5) is 28.1. The molecule has 0 saturated carbocycles. The Bertz CT molecular complexity index is 859. The fraction of sp³-hybridized carbons (Fsp3) is 0.429. The summed E-state index contributed by atoms with van der Waals surface area (Å²) in [6, 6.07) is 9.73. The molecule has 3 rings (SSSR count). The SMILES string of the molecule is CCn1c(C)cc(C(=O)OCC(=O)N2CCC(C)Sc3ccccc32)c1C. The van der Waals surface area contributed by atoms with Gasteiger partial charge in [-0.25, -0.2) is 4.79 Å². The van der Waals surface area contributed by atoms with Crippen molar-refractivity contribution in [2.45, 2.75) is 50.8 Å². The lowest BCUT2D eigenvalue weighted by Crippen LogP contribution is -2.35. The van der Waals surface area contributed by atoms with E-state index in [0.717, 1.165) is 34.9 Å². The first-order valence-electron chi connectivity index (χ1n) is 9.32. The highest BCUT2D eigenvalue weighted by Gasteiger charge is 2.25. The van der Waals surface area contributed by atoms with Crippen LogP contribution in [0.4, 0.5) is 5.69 Å². The average molecular weight is 387 g/mol. The first-order chi connectivity index (χ1) is 12.9. The minimum absolute atomic E-state index is 0.185. The maximum atomic E-state index is 12.8. The Morgan fingerprint density at radius 2 is 2.00 bits per heavy atom. The predicted molar refractivity (Wildman–Crippen MR) is 109 cm³/mol. The summed E-state index contributed by atoms with van der Waals surface area (Å²) < 4.78 is 7.43. The highest BCUT2D eigenvalue weighted by molar-refractivity contribution is 8.00. The highest BCUT2D eigenvalue weighted by Crippen LogP contribution is 2.37. The molecule has 0 spiro atoms. The maximum Gasteiger partial charge on any atom is 0.340 e. The van der Waals surface area contributed by atoms with Gasteiger partial charge in [0.25, 0.3) is 5.91 Å². The summed E-state index contributed by atoms with van der Waals surface area (Å²) in [5.41, 5.74) is 3.32. The van der Waals surface area contributed by atoms with E-state index in [1.165, 1.54) is 0 Å². The highest BCUT2D eigenvalue weighted by atomic mass is 32.2. The van der Waals surface area contributed by atoms with E-state index in [4.69, 9.17) is 4.74 Å². The van der Waals surface area contributed by atoms with E-state index in [-0.39, 0.29) is 12.5 Å². The predicted octanol–water partition coefficient (Wildman–Crippen LogP) is 4.20. The number of amides is 1. The molecule has 0 saturated heterocycles. The third-order valence-corrected chi connectivity index (χ3v) is 6.22. The summed E-state index contributed by atoms with van der Waals surface area (Å²) in [6.45, 7) is 9.25. The quantitative estimate of drug-likeness (QED) is 0.739. The number of thioether (sulfide) groups is 1. The number of rotatable bonds is 4. The number of para-hydroxylation sites is 1. The minimum Gasteiger partial charge on any atom is -0.452 e. The molecule has 1 aromatic heterocycles. The molecule has 6 heteroatoms. The fourth-order valence-electron chi connectivity index (χ4n) is 3.52. The summed E-state index contributed by atoms with van der Waals surface area (Å²) in [5, 5.41) is 0.436. The van der Waals surface area contributed by atoms with Gasteiger partial charge in [-0.3, -0.25) is 4.79 Å². The number of esters is 1. The lowest BCUT2D eigenvalue weighted by Gasteiger charge is -2.22. The molecular weight excluding hydrogens is 360 g/mol. The first-order valence-corrected chi connectivity index (χ1v) is 10.2. The normalized spacial score (nSPS) is 16.6. The molecule has 1 aromatic carbocycles. The number of hydrogen-bond acceptors (Lipinski definition) is 4. The number of nitrogens with zero attached hydrogens (tertiary/aromatic N) is 2. The van der Waals surface area contributed by atoms with Gasteiger partial charge in [-0.05, 0) is 45.4 Å². The van der Waals surface area contributed by atoms with E-state index >= 15 is 0 Å². The van der Waals surface area contributed by atoms with Gasteiger partial charge in [-0.2, -0.15) is 0 Å². The number of fused-ring (bicyclic) bond motifs is 1. The third-order valence-electron chi connectivity index (χ3n) is 4.98. The van der Waals surface area contributed by atoms with Gasteiger partial charge >= 0.3 is 5.97 Å². The Hall–Kier alpha value is -2.21. The average Bonchev–Trinajstić information content (AvgIpc) is 2.83. The molecule has 2 heterocycles. The Kier molecular flexibility index (Phi) is 5.95. The lowest BCUT2D eigenvalue weighted by molar-refractivity contribution is -0.121. The van der Waals surface area contributed by atoms with Crippen molar-refractivity contribution in [1.29, 1.82) is 0 Å². The Morgan fingerprint density at radius 1 is 1.26 bits per heavy atom. The van der Waals surface area contributed by atoms with Crippen LogP contribution in [0.1, 0.15) is 42.0 Å². The van der Waals surface area contributed by atoms with E-state index in [1.54, 1.807) is 16.7 Å². The number of carbonyl (C=O) groups excluding carboxylic acids is 2. The van der Waals surface area contributed by atoms with Gasteiger partial charge in [0.2, 0.25) is 0 Å². The molecule has 0 fully saturated rings. The molecule has 1 aliphatic rings. The van der Waals surface area contributed by atoms with Crippen molar-refractivity contribution >= 4 is 29.3 Å². The van der Waals surface area contributed by atoms with Crippen LogP contribution < -0.4 is 4.90 Å². The van der Waals surface area contributed by atoms with Crippen LogP contribution in [-0.4, -0.2) is 34.8 Å². The lowest BCUT2D eigenvalue weighted by atomic mass is 10.2. The molecule has 144 valence electrons. The Labute approximate surface area is 164 Å². The second-order valence-corrected chi connectivity index (χ2v) is 8.32. The molecule has 5 nitrogen and oxygen atoms in total. The van der Waals surface area contributed by atoms with Crippen molar-refractivity contribution in [1.82, 2.24) is 4.57 Å². The van der Waals surface area contributed by atoms with Gasteiger partial charge < -0.3 is 14.2 Å². The number of aromatic nitrogens is 1. The molecule has 27 heavy (non-hydrogen) atoms. The molecule has 1 unspecified atom stereocenters. The van der Waals surface area contributed by atoms with Gasteiger partial charge in [0, 0.05) is 34.6 Å². The third kappa shape index (κ3) is 4.05. The van der Waals surface area contributed by atoms with Gasteiger partial charge in [-0.1, -0.05) is 19.1 Å². The summed E-state index contributed by atoms with van der Waals surface area (Å²) in [6.07, 6.45) is 0.899. The van der Waals surface area contributed by atoms with Crippen molar-refractivity contribution < 1.29 is 14.3 Å². The zero-order valence-corrected chi connectivity index (χ0v) is 17.1. The zero-order chi connectivity index (χ0) is 19.6. The first kappa shape index (κ1) is 19.5. The second-order valence-electron chi connectivity index (χ2n) is 6.84. The molecule has 1 atom stereocenters. The fourth-order valence-corrected chi connectivity index (χ4v) is 4.64. The van der Waals surface area contributed by atoms with Crippen LogP contribution in [0.2, 0.25) is 0 Å². The van der Waals surface area contributed by atoms with Crippen LogP contribution in [-0.2, 0) is 16.1 Å². The summed E-state index contributed by atoms with van der Waals surface area (Å²) in [7, 11) is 0. The number of anilines is 1. The summed E-state index contributed by atoms with van der Waals surface area (Å²) in [5.74, 6) is -0.628. The Morgan fingerprint density at radius 3 is 2.70 bits per heavy atom. The molecule has 0 bridgehead atoms.